The second-order valence-electron chi connectivity index (χ2n) is 11.4. The quantitative estimate of drug-likeness (QED) is 0.141. The molecule has 1 atom stereocenters. The van der Waals surface area contributed by atoms with Gasteiger partial charge in [0.05, 0.1) is 42.2 Å². The standard InChI is InChI=1S/C39H35ClN2O8S/c1-5-47-32-19-26(14-18-31(32)50-22-34(43)46-4)36-35(38(45)48-6-2)23(3)41-39-42(36)37(44)33(51-39)20-29-28-10-8-7-9-25(28)13-17-30(29)49-21-24-11-15-27(40)16-12-24/h7-20,36H,5-6,21-22H2,1-4H3/b33-20+/t36-/m0/s1. The number of halogens is 1. The van der Waals surface area contributed by atoms with E-state index in [9.17, 15) is 14.4 Å². The van der Waals surface area contributed by atoms with Crippen LogP contribution in [0.25, 0.3) is 16.8 Å². The van der Waals surface area contributed by atoms with Gasteiger partial charge in [0.2, 0.25) is 0 Å². The van der Waals surface area contributed by atoms with Gasteiger partial charge < -0.3 is 23.7 Å². The summed E-state index contributed by atoms with van der Waals surface area (Å²) in [7, 11) is 1.27. The molecule has 1 aliphatic rings. The van der Waals surface area contributed by atoms with Crippen LogP contribution in [0.3, 0.4) is 0 Å². The number of hydrogen-bond donors (Lipinski definition) is 0. The number of fused-ring (bicyclic) bond motifs is 2. The second-order valence-corrected chi connectivity index (χ2v) is 12.9. The van der Waals surface area contributed by atoms with Gasteiger partial charge in [-0.1, -0.05) is 71.5 Å². The van der Waals surface area contributed by atoms with Gasteiger partial charge in [0, 0.05) is 10.6 Å². The van der Waals surface area contributed by atoms with E-state index >= 15 is 0 Å². The molecular formula is C39H35ClN2O8S. The van der Waals surface area contributed by atoms with Gasteiger partial charge in [-0.2, -0.15) is 0 Å². The van der Waals surface area contributed by atoms with Gasteiger partial charge in [-0.15, -0.1) is 0 Å². The molecule has 1 aromatic heterocycles. The fraction of sp³-hybridized carbons (Fsp3) is 0.231. The molecule has 6 rings (SSSR count). The molecule has 0 unspecified atom stereocenters. The molecule has 0 aliphatic carbocycles. The zero-order valence-electron chi connectivity index (χ0n) is 28.4. The SMILES string of the molecule is CCOC(=O)C1=C(C)N=c2s/c(=C/c3c(OCc4ccc(Cl)cc4)ccc4ccccc34)c(=O)n2[C@H]1c1ccc(OCC(=O)OC)c(OCC)c1. The molecule has 0 radical (unpaired) electrons. The molecule has 0 saturated carbocycles. The van der Waals surface area contributed by atoms with Crippen LogP contribution in [-0.4, -0.2) is 43.4 Å². The molecule has 1 aliphatic heterocycles. The Bertz CT molecular complexity index is 2330. The minimum absolute atomic E-state index is 0.136. The van der Waals surface area contributed by atoms with E-state index in [2.05, 4.69) is 0 Å². The predicted molar refractivity (Wildman–Crippen MR) is 195 cm³/mol. The molecule has 0 fully saturated rings. The Labute approximate surface area is 302 Å². The van der Waals surface area contributed by atoms with Crippen molar-refractivity contribution in [3.8, 4) is 17.2 Å². The van der Waals surface area contributed by atoms with Crippen molar-refractivity contribution in [3.05, 3.63) is 132 Å². The number of thiazole rings is 1. The van der Waals surface area contributed by atoms with E-state index < -0.39 is 18.0 Å². The predicted octanol–water partition coefficient (Wildman–Crippen LogP) is 6.13. The Kier molecular flexibility index (Phi) is 10.9. The first-order chi connectivity index (χ1) is 24.7. The Hall–Kier alpha value is -5.39. The van der Waals surface area contributed by atoms with E-state index in [0.717, 1.165) is 21.9 Å². The lowest BCUT2D eigenvalue weighted by molar-refractivity contribution is -0.143. The van der Waals surface area contributed by atoms with E-state index in [1.165, 1.54) is 23.0 Å². The topological polar surface area (TPSA) is 115 Å². The third-order valence-corrected chi connectivity index (χ3v) is 9.42. The monoisotopic (exact) mass is 726 g/mol. The molecule has 0 saturated heterocycles. The van der Waals surface area contributed by atoms with Crippen LogP contribution in [0.15, 0.2) is 99.9 Å². The van der Waals surface area contributed by atoms with E-state index in [1.54, 1.807) is 32.0 Å². The number of benzene rings is 4. The van der Waals surface area contributed by atoms with Crippen LogP contribution in [0.2, 0.25) is 5.02 Å². The number of esters is 2. The molecule has 5 aromatic rings. The number of hydrogen-bond acceptors (Lipinski definition) is 10. The van der Waals surface area contributed by atoms with Crippen LogP contribution in [-0.2, 0) is 25.7 Å². The Morgan fingerprint density at radius 1 is 0.922 bits per heavy atom. The average Bonchev–Trinajstić information content (AvgIpc) is 3.44. The number of rotatable bonds is 12. The molecule has 2 heterocycles. The Balaban J connectivity index is 1.50. The lowest BCUT2D eigenvalue weighted by atomic mass is 9.95. The van der Waals surface area contributed by atoms with Crippen molar-refractivity contribution >= 4 is 51.7 Å². The third-order valence-electron chi connectivity index (χ3n) is 8.19. The summed E-state index contributed by atoms with van der Waals surface area (Å²) in [6.45, 7) is 5.66. The largest absolute Gasteiger partial charge is 0.490 e. The highest BCUT2D eigenvalue weighted by atomic mass is 35.5. The molecule has 0 amide bonds. The zero-order chi connectivity index (χ0) is 36.1. The number of ether oxygens (including phenoxy) is 5. The van der Waals surface area contributed by atoms with E-state index in [1.807, 2.05) is 73.7 Å². The zero-order valence-corrected chi connectivity index (χ0v) is 30.0. The Morgan fingerprint density at radius 2 is 1.69 bits per heavy atom. The summed E-state index contributed by atoms with van der Waals surface area (Å²) in [5.74, 6) is 0.0878. The molecule has 10 nitrogen and oxygen atoms in total. The van der Waals surface area contributed by atoms with Crippen molar-refractivity contribution in [1.29, 1.82) is 0 Å². The van der Waals surface area contributed by atoms with Crippen LogP contribution in [0.4, 0.5) is 0 Å². The number of allylic oxidation sites excluding steroid dienone is 1. The van der Waals surface area contributed by atoms with E-state index in [-0.39, 0.29) is 24.3 Å². The maximum absolute atomic E-state index is 14.5. The molecule has 0 N–H and O–H groups in total. The summed E-state index contributed by atoms with van der Waals surface area (Å²) < 4.78 is 30.0. The number of nitrogens with zero attached hydrogens (tertiary/aromatic N) is 2. The molecule has 51 heavy (non-hydrogen) atoms. The van der Waals surface area contributed by atoms with Crippen molar-refractivity contribution in [3.63, 3.8) is 0 Å². The molecule has 262 valence electrons. The van der Waals surface area contributed by atoms with Crippen molar-refractivity contribution in [2.45, 2.75) is 33.4 Å². The fourth-order valence-corrected chi connectivity index (χ4v) is 6.96. The van der Waals surface area contributed by atoms with Gasteiger partial charge in [-0.25, -0.2) is 14.6 Å². The number of aromatic nitrogens is 1. The lowest BCUT2D eigenvalue weighted by Crippen LogP contribution is -2.40. The van der Waals surface area contributed by atoms with Crippen LogP contribution in [0, 0.1) is 0 Å². The summed E-state index contributed by atoms with van der Waals surface area (Å²) in [4.78, 5) is 45.0. The smallest absolute Gasteiger partial charge is 0.343 e. The van der Waals surface area contributed by atoms with Gasteiger partial charge in [-0.05, 0) is 79.1 Å². The number of methoxy groups -OCH3 is 1. The minimum atomic E-state index is -0.899. The van der Waals surface area contributed by atoms with Crippen LogP contribution >= 0.6 is 22.9 Å². The Morgan fingerprint density at radius 3 is 2.43 bits per heavy atom. The number of carbonyl (C=O) groups excluding carboxylic acids is 2. The first kappa shape index (κ1) is 35.4. The first-order valence-corrected chi connectivity index (χ1v) is 17.5. The van der Waals surface area contributed by atoms with Gasteiger partial charge in [0.1, 0.15) is 12.4 Å². The van der Waals surface area contributed by atoms with Crippen molar-refractivity contribution < 1.29 is 33.3 Å². The maximum Gasteiger partial charge on any atom is 0.343 e. The normalized spacial score (nSPS) is 14.1. The molecule has 4 aromatic carbocycles. The van der Waals surface area contributed by atoms with Crippen molar-refractivity contribution in [2.24, 2.45) is 4.99 Å². The second kappa shape index (κ2) is 15.7. The minimum Gasteiger partial charge on any atom is -0.490 e. The van der Waals surface area contributed by atoms with Crippen molar-refractivity contribution in [1.82, 2.24) is 4.57 Å². The summed E-state index contributed by atoms with van der Waals surface area (Å²) in [6, 6.07) is 23.3. The molecule has 0 spiro atoms. The number of carbonyl (C=O) groups is 2. The first-order valence-electron chi connectivity index (χ1n) is 16.3. The molecular weight excluding hydrogens is 692 g/mol. The van der Waals surface area contributed by atoms with Crippen LogP contribution in [0.5, 0.6) is 17.2 Å². The summed E-state index contributed by atoms with van der Waals surface area (Å²) >= 11 is 7.30. The fourth-order valence-electron chi connectivity index (χ4n) is 5.81. The van der Waals surface area contributed by atoms with Crippen LogP contribution < -0.4 is 29.1 Å². The maximum atomic E-state index is 14.5. The average molecular weight is 727 g/mol. The third kappa shape index (κ3) is 7.54. The summed E-state index contributed by atoms with van der Waals surface area (Å²) in [5.41, 5.74) is 2.53. The highest BCUT2D eigenvalue weighted by molar-refractivity contribution is 7.07. The van der Waals surface area contributed by atoms with Gasteiger partial charge in [-0.3, -0.25) is 9.36 Å². The van der Waals surface area contributed by atoms with Gasteiger partial charge in [0.25, 0.3) is 5.56 Å². The summed E-state index contributed by atoms with van der Waals surface area (Å²) in [6.07, 6.45) is 1.82. The van der Waals surface area contributed by atoms with Crippen LogP contribution in [0.1, 0.15) is 43.5 Å². The van der Waals surface area contributed by atoms with Gasteiger partial charge >= 0.3 is 11.9 Å². The lowest BCUT2D eigenvalue weighted by Gasteiger charge is -2.25. The van der Waals surface area contributed by atoms with E-state index in [4.69, 9.17) is 40.3 Å². The molecule has 12 heteroatoms. The summed E-state index contributed by atoms with van der Waals surface area (Å²) in [5, 5.41) is 2.52. The van der Waals surface area contributed by atoms with E-state index in [0.29, 0.717) is 56.1 Å². The molecule has 0 bridgehead atoms. The highest BCUT2D eigenvalue weighted by Crippen LogP contribution is 2.37. The van der Waals surface area contributed by atoms with Gasteiger partial charge in [0.15, 0.2) is 22.9 Å². The van der Waals surface area contributed by atoms with Crippen molar-refractivity contribution in [2.75, 3.05) is 26.9 Å². The highest BCUT2D eigenvalue weighted by Gasteiger charge is 2.34.